The predicted octanol–water partition coefficient (Wildman–Crippen LogP) is 13.4. The van der Waals surface area contributed by atoms with Crippen LogP contribution in [0.1, 0.15) is 52.7 Å². The standard InChI is InChI=1S/C48H42N4O/c1-47(2,3)31-19-21-39-35(26-31)36-27-32(48(4,5)6)28-37(45(36)50-39)40-22-24-43-46(51-40)38-29-33(20-23-42(38)53-43)52(44-18-12-13-25-49-44)41-17-11-10-16-34(41)30-14-8-7-9-15-30/h7-29,50H,1-6H3. The monoisotopic (exact) mass is 690 g/mol. The van der Waals surface area contributed by atoms with Gasteiger partial charge in [-0.3, -0.25) is 4.90 Å². The van der Waals surface area contributed by atoms with E-state index in [2.05, 4.69) is 161 Å². The van der Waals surface area contributed by atoms with Crippen LogP contribution in [0.2, 0.25) is 0 Å². The van der Waals surface area contributed by atoms with Crippen LogP contribution < -0.4 is 4.90 Å². The van der Waals surface area contributed by atoms with Gasteiger partial charge in [0, 0.05) is 44.7 Å². The van der Waals surface area contributed by atoms with E-state index >= 15 is 0 Å². The first-order valence-corrected chi connectivity index (χ1v) is 18.3. The molecule has 260 valence electrons. The SMILES string of the molecule is CC(C)(C)c1ccc2[nH]c3c(-c4ccc5oc6ccc(N(c7ccccn7)c7ccccc7-c7ccccc7)cc6c5n4)cc(C(C)(C)C)cc3c2c1. The summed E-state index contributed by atoms with van der Waals surface area (Å²) in [6.45, 7) is 13.6. The molecule has 5 aromatic carbocycles. The van der Waals surface area contributed by atoms with E-state index in [9.17, 15) is 0 Å². The molecule has 53 heavy (non-hydrogen) atoms. The molecule has 9 aromatic rings. The van der Waals surface area contributed by atoms with Crippen LogP contribution in [0, 0.1) is 0 Å². The Labute approximate surface area is 310 Å². The van der Waals surface area contributed by atoms with Crippen LogP contribution in [0.15, 0.2) is 144 Å². The molecule has 0 aliphatic carbocycles. The Balaban J connectivity index is 1.25. The van der Waals surface area contributed by atoms with Crippen molar-refractivity contribution in [2.45, 2.75) is 52.4 Å². The van der Waals surface area contributed by atoms with Gasteiger partial charge in [-0.1, -0.05) is 102 Å². The summed E-state index contributed by atoms with van der Waals surface area (Å²) in [6.07, 6.45) is 1.84. The third-order valence-electron chi connectivity index (χ3n) is 10.4. The van der Waals surface area contributed by atoms with Crippen LogP contribution in [0.25, 0.3) is 66.3 Å². The zero-order valence-electron chi connectivity index (χ0n) is 31.0. The topological polar surface area (TPSA) is 58.0 Å². The van der Waals surface area contributed by atoms with E-state index in [0.29, 0.717) is 0 Å². The number of rotatable bonds is 5. The molecule has 9 rings (SSSR count). The number of anilines is 3. The number of nitrogens with one attached hydrogen (secondary N) is 1. The molecule has 0 bridgehead atoms. The fraction of sp³-hybridized carbons (Fsp3) is 0.167. The number of aromatic nitrogens is 3. The van der Waals surface area contributed by atoms with Crippen LogP contribution in [0.3, 0.4) is 0 Å². The maximum absolute atomic E-state index is 6.44. The van der Waals surface area contributed by atoms with Crippen molar-refractivity contribution in [2.75, 3.05) is 4.90 Å². The van der Waals surface area contributed by atoms with Crippen molar-refractivity contribution in [3.63, 3.8) is 0 Å². The van der Waals surface area contributed by atoms with Gasteiger partial charge in [0.25, 0.3) is 0 Å². The lowest BCUT2D eigenvalue weighted by Gasteiger charge is -2.26. The highest BCUT2D eigenvalue weighted by Gasteiger charge is 2.23. The van der Waals surface area contributed by atoms with Crippen LogP contribution in [0.4, 0.5) is 17.2 Å². The lowest BCUT2D eigenvalue weighted by molar-refractivity contribution is 0.590. The molecule has 4 aromatic heterocycles. The van der Waals surface area contributed by atoms with E-state index in [1.807, 2.05) is 30.5 Å². The molecule has 0 atom stereocenters. The maximum atomic E-state index is 6.44. The van der Waals surface area contributed by atoms with E-state index in [-0.39, 0.29) is 10.8 Å². The highest BCUT2D eigenvalue weighted by Crippen LogP contribution is 2.43. The van der Waals surface area contributed by atoms with E-state index in [1.165, 1.54) is 21.9 Å². The molecular weight excluding hydrogens is 649 g/mol. The molecule has 5 nitrogen and oxygen atoms in total. The number of para-hydroxylation sites is 1. The molecule has 0 fully saturated rings. The van der Waals surface area contributed by atoms with Gasteiger partial charge in [0.2, 0.25) is 0 Å². The van der Waals surface area contributed by atoms with Crippen molar-refractivity contribution in [1.29, 1.82) is 0 Å². The Bertz CT molecular complexity index is 2800. The minimum absolute atomic E-state index is 0.0474. The number of benzene rings is 5. The first-order chi connectivity index (χ1) is 25.5. The van der Waals surface area contributed by atoms with Gasteiger partial charge in [-0.05, 0) is 100 Å². The van der Waals surface area contributed by atoms with Crippen molar-refractivity contribution >= 4 is 61.1 Å². The fourth-order valence-electron chi connectivity index (χ4n) is 7.43. The van der Waals surface area contributed by atoms with E-state index < -0.39 is 0 Å². The molecule has 0 unspecified atom stereocenters. The summed E-state index contributed by atoms with van der Waals surface area (Å²) in [6, 6.07) is 47.0. The summed E-state index contributed by atoms with van der Waals surface area (Å²) < 4.78 is 6.44. The summed E-state index contributed by atoms with van der Waals surface area (Å²) in [4.78, 5) is 16.2. The zero-order valence-corrected chi connectivity index (χ0v) is 31.0. The highest BCUT2D eigenvalue weighted by molar-refractivity contribution is 6.13. The average Bonchev–Trinajstić information content (AvgIpc) is 3.72. The molecule has 0 amide bonds. The fourth-order valence-corrected chi connectivity index (χ4v) is 7.43. The number of fused-ring (bicyclic) bond motifs is 6. The summed E-state index contributed by atoms with van der Waals surface area (Å²) in [5.41, 5.74) is 13.4. The smallest absolute Gasteiger partial charge is 0.153 e. The minimum Gasteiger partial charge on any atom is -0.454 e. The zero-order chi connectivity index (χ0) is 36.5. The van der Waals surface area contributed by atoms with Gasteiger partial charge in [0.1, 0.15) is 16.9 Å². The predicted molar refractivity (Wildman–Crippen MR) is 222 cm³/mol. The Kier molecular flexibility index (Phi) is 7.53. The first kappa shape index (κ1) is 32.7. The normalized spacial score (nSPS) is 12.3. The Hall–Kier alpha value is -6.20. The van der Waals surface area contributed by atoms with Crippen molar-refractivity contribution in [3.8, 4) is 22.4 Å². The van der Waals surface area contributed by atoms with Gasteiger partial charge in [-0.15, -0.1) is 0 Å². The van der Waals surface area contributed by atoms with Gasteiger partial charge in [-0.2, -0.15) is 0 Å². The second-order valence-electron chi connectivity index (χ2n) is 16.1. The second-order valence-corrected chi connectivity index (χ2v) is 16.1. The van der Waals surface area contributed by atoms with E-state index in [4.69, 9.17) is 14.4 Å². The molecule has 0 spiro atoms. The summed E-state index contributed by atoms with van der Waals surface area (Å²) >= 11 is 0. The first-order valence-electron chi connectivity index (χ1n) is 18.3. The van der Waals surface area contributed by atoms with Crippen LogP contribution in [0.5, 0.6) is 0 Å². The van der Waals surface area contributed by atoms with Crippen LogP contribution in [-0.4, -0.2) is 15.0 Å². The third kappa shape index (κ3) is 5.73. The van der Waals surface area contributed by atoms with Gasteiger partial charge in [0.05, 0.1) is 16.9 Å². The lowest BCUT2D eigenvalue weighted by atomic mass is 9.84. The Morgan fingerprint density at radius 3 is 2.09 bits per heavy atom. The van der Waals surface area contributed by atoms with Gasteiger partial charge >= 0.3 is 0 Å². The van der Waals surface area contributed by atoms with Gasteiger partial charge in [-0.25, -0.2) is 9.97 Å². The average molecular weight is 691 g/mol. The number of hydrogen-bond acceptors (Lipinski definition) is 4. The number of H-pyrrole nitrogens is 1. The minimum atomic E-state index is -0.0551. The quantitative estimate of drug-likeness (QED) is 0.195. The largest absolute Gasteiger partial charge is 0.454 e. The summed E-state index contributed by atoms with van der Waals surface area (Å²) in [5, 5.41) is 3.41. The molecule has 4 heterocycles. The Morgan fingerprint density at radius 1 is 0.585 bits per heavy atom. The highest BCUT2D eigenvalue weighted by atomic mass is 16.3. The summed E-state index contributed by atoms with van der Waals surface area (Å²) in [5.74, 6) is 0.825. The van der Waals surface area contributed by atoms with Gasteiger partial charge in [0.15, 0.2) is 5.58 Å². The molecular formula is C48H42N4O. The van der Waals surface area contributed by atoms with Crippen molar-refractivity contribution in [3.05, 3.63) is 151 Å². The number of hydrogen-bond donors (Lipinski definition) is 1. The summed E-state index contributed by atoms with van der Waals surface area (Å²) in [7, 11) is 0. The lowest BCUT2D eigenvalue weighted by Crippen LogP contribution is -2.12. The molecule has 0 saturated carbocycles. The number of nitrogens with zero attached hydrogens (tertiary/aromatic N) is 3. The molecule has 0 radical (unpaired) electrons. The van der Waals surface area contributed by atoms with E-state index in [1.54, 1.807) is 0 Å². The molecule has 5 heteroatoms. The third-order valence-corrected chi connectivity index (χ3v) is 10.4. The van der Waals surface area contributed by atoms with Crippen molar-refractivity contribution in [1.82, 2.24) is 15.0 Å². The van der Waals surface area contributed by atoms with Crippen LogP contribution >= 0.6 is 0 Å². The number of pyridine rings is 2. The van der Waals surface area contributed by atoms with Gasteiger partial charge < -0.3 is 9.40 Å². The maximum Gasteiger partial charge on any atom is 0.153 e. The molecule has 0 saturated heterocycles. The molecule has 1 N–H and O–H groups in total. The van der Waals surface area contributed by atoms with Crippen molar-refractivity contribution < 1.29 is 4.42 Å². The number of furan rings is 1. The van der Waals surface area contributed by atoms with E-state index in [0.717, 1.165) is 72.7 Å². The van der Waals surface area contributed by atoms with Crippen molar-refractivity contribution in [2.24, 2.45) is 0 Å². The Morgan fingerprint density at radius 2 is 1.32 bits per heavy atom. The molecule has 0 aliphatic rings. The number of aromatic amines is 1. The van der Waals surface area contributed by atoms with Crippen LogP contribution in [-0.2, 0) is 10.8 Å². The second kappa shape index (κ2) is 12.2. The molecule has 0 aliphatic heterocycles.